The molecular formula is C13H26N2O. The topological polar surface area (TPSA) is 24.5 Å². The molecule has 3 heteroatoms. The second-order valence-electron chi connectivity index (χ2n) is 5.52. The minimum atomic E-state index is 0.406. The van der Waals surface area contributed by atoms with Crippen molar-refractivity contribution in [1.82, 2.24) is 10.2 Å². The summed E-state index contributed by atoms with van der Waals surface area (Å²) in [5, 5.41) is 3.60. The van der Waals surface area contributed by atoms with Crippen molar-refractivity contribution in [3.63, 3.8) is 0 Å². The van der Waals surface area contributed by atoms with Crippen LogP contribution in [0.1, 0.15) is 40.0 Å². The monoisotopic (exact) mass is 226 g/mol. The Morgan fingerprint density at radius 3 is 2.69 bits per heavy atom. The van der Waals surface area contributed by atoms with Crippen molar-refractivity contribution >= 4 is 0 Å². The van der Waals surface area contributed by atoms with Crippen molar-refractivity contribution in [2.24, 2.45) is 0 Å². The fourth-order valence-corrected chi connectivity index (χ4v) is 3.05. The molecule has 0 aliphatic carbocycles. The summed E-state index contributed by atoms with van der Waals surface area (Å²) in [6.45, 7) is 10.2. The van der Waals surface area contributed by atoms with Crippen LogP contribution >= 0.6 is 0 Å². The molecule has 0 saturated carbocycles. The standard InChI is InChI=1S/C13H26N2O/c1-10(2)15(9-12-5-4-7-14-12)13-6-8-16-11(13)3/h10-14H,4-9H2,1-3H3. The molecule has 0 aromatic carbocycles. The van der Waals surface area contributed by atoms with E-state index in [1.807, 2.05) is 0 Å². The Hall–Kier alpha value is -0.120. The van der Waals surface area contributed by atoms with Gasteiger partial charge in [0.15, 0.2) is 0 Å². The van der Waals surface area contributed by atoms with Crippen molar-refractivity contribution in [3.05, 3.63) is 0 Å². The molecule has 2 aliphatic heterocycles. The maximum atomic E-state index is 5.70. The second-order valence-corrected chi connectivity index (χ2v) is 5.52. The first-order chi connectivity index (χ1) is 7.68. The van der Waals surface area contributed by atoms with Gasteiger partial charge in [-0.15, -0.1) is 0 Å². The molecule has 0 spiro atoms. The minimum absolute atomic E-state index is 0.406. The quantitative estimate of drug-likeness (QED) is 0.788. The summed E-state index contributed by atoms with van der Waals surface area (Å²) in [6, 6.07) is 1.95. The lowest BCUT2D eigenvalue weighted by molar-refractivity contribution is 0.0562. The Bertz CT molecular complexity index is 214. The van der Waals surface area contributed by atoms with E-state index in [-0.39, 0.29) is 0 Å². The second kappa shape index (κ2) is 5.48. The maximum Gasteiger partial charge on any atom is 0.0703 e. The third kappa shape index (κ3) is 2.76. The molecule has 2 heterocycles. The van der Waals surface area contributed by atoms with E-state index in [1.165, 1.54) is 32.4 Å². The predicted molar refractivity (Wildman–Crippen MR) is 66.7 cm³/mol. The van der Waals surface area contributed by atoms with Gasteiger partial charge in [0.25, 0.3) is 0 Å². The van der Waals surface area contributed by atoms with Crippen LogP contribution in [-0.4, -0.2) is 48.8 Å². The molecule has 0 aromatic rings. The largest absolute Gasteiger partial charge is 0.377 e. The molecule has 16 heavy (non-hydrogen) atoms. The third-order valence-electron chi connectivity index (χ3n) is 4.02. The lowest BCUT2D eigenvalue weighted by Gasteiger charge is -2.36. The van der Waals surface area contributed by atoms with Crippen molar-refractivity contribution in [3.8, 4) is 0 Å². The van der Waals surface area contributed by atoms with Gasteiger partial charge in [-0.25, -0.2) is 0 Å². The zero-order valence-corrected chi connectivity index (χ0v) is 10.9. The van der Waals surface area contributed by atoms with Crippen LogP contribution in [0.2, 0.25) is 0 Å². The Morgan fingerprint density at radius 1 is 1.38 bits per heavy atom. The Morgan fingerprint density at radius 2 is 2.19 bits per heavy atom. The van der Waals surface area contributed by atoms with Crippen molar-refractivity contribution in [2.45, 2.75) is 64.3 Å². The molecular weight excluding hydrogens is 200 g/mol. The molecule has 94 valence electrons. The number of ether oxygens (including phenoxy) is 1. The predicted octanol–water partition coefficient (Wildman–Crippen LogP) is 1.63. The van der Waals surface area contributed by atoms with Crippen molar-refractivity contribution in [2.75, 3.05) is 19.7 Å². The van der Waals surface area contributed by atoms with Gasteiger partial charge in [-0.05, 0) is 46.6 Å². The van der Waals surface area contributed by atoms with Gasteiger partial charge >= 0.3 is 0 Å². The van der Waals surface area contributed by atoms with Crippen LogP contribution in [0.25, 0.3) is 0 Å². The first kappa shape index (κ1) is 12.3. The lowest BCUT2D eigenvalue weighted by atomic mass is 10.1. The van der Waals surface area contributed by atoms with E-state index in [0.717, 1.165) is 6.61 Å². The van der Waals surface area contributed by atoms with Gasteiger partial charge in [0, 0.05) is 31.3 Å². The molecule has 3 unspecified atom stereocenters. The number of hydrogen-bond acceptors (Lipinski definition) is 3. The summed E-state index contributed by atoms with van der Waals surface area (Å²) in [5.41, 5.74) is 0. The molecule has 2 aliphatic rings. The average Bonchev–Trinajstić information content (AvgIpc) is 2.85. The van der Waals surface area contributed by atoms with Crippen LogP contribution in [0.3, 0.4) is 0 Å². The van der Waals surface area contributed by atoms with Crippen molar-refractivity contribution < 1.29 is 4.74 Å². The SMILES string of the molecule is CC1OCCC1N(CC1CCCN1)C(C)C. The van der Waals surface area contributed by atoms with E-state index in [1.54, 1.807) is 0 Å². The van der Waals surface area contributed by atoms with E-state index in [9.17, 15) is 0 Å². The molecule has 2 fully saturated rings. The number of nitrogens with one attached hydrogen (secondary N) is 1. The molecule has 1 N–H and O–H groups in total. The lowest BCUT2D eigenvalue weighted by Crippen LogP contribution is -2.49. The van der Waals surface area contributed by atoms with Gasteiger partial charge in [0.1, 0.15) is 0 Å². The summed E-state index contributed by atoms with van der Waals surface area (Å²) >= 11 is 0. The summed E-state index contributed by atoms with van der Waals surface area (Å²) in [4.78, 5) is 2.64. The third-order valence-corrected chi connectivity index (χ3v) is 4.02. The highest BCUT2D eigenvalue weighted by Gasteiger charge is 2.33. The van der Waals surface area contributed by atoms with E-state index in [2.05, 4.69) is 31.0 Å². The number of hydrogen-bond donors (Lipinski definition) is 1. The van der Waals surface area contributed by atoms with Gasteiger partial charge in [-0.1, -0.05) is 0 Å². The normalized spacial score (nSPS) is 35.4. The fourth-order valence-electron chi connectivity index (χ4n) is 3.05. The first-order valence-corrected chi connectivity index (χ1v) is 6.79. The van der Waals surface area contributed by atoms with E-state index >= 15 is 0 Å². The van der Waals surface area contributed by atoms with Crippen LogP contribution < -0.4 is 5.32 Å². The van der Waals surface area contributed by atoms with Crippen LogP contribution in [0, 0.1) is 0 Å². The number of nitrogens with zero attached hydrogens (tertiary/aromatic N) is 1. The fraction of sp³-hybridized carbons (Fsp3) is 1.00. The summed E-state index contributed by atoms with van der Waals surface area (Å²) in [7, 11) is 0. The molecule has 0 amide bonds. The van der Waals surface area contributed by atoms with Crippen LogP contribution in [-0.2, 0) is 4.74 Å². The van der Waals surface area contributed by atoms with Gasteiger partial charge in [-0.3, -0.25) is 4.90 Å². The van der Waals surface area contributed by atoms with E-state index < -0.39 is 0 Å². The molecule has 0 aromatic heterocycles. The highest BCUT2D eigenvalue weighted by atomic mass is 16.5. The Kier molecular flexibility index (Phi) is 4.22. The molecule has 0 bridgehead atoms. The molecule has 0 radical (unpaired) electrons. The van der Waals surface area contributed by atoms with E-state index in [4.69, 9.17) is 4.74 Å². The highest BCUT2D eigenvalue weighted by Crippen LogP contribution is 2.22. The average molecular weight is 226 g/mol. The highest BCUT2D eigenvalue weighted by molar-refractivity contribution is 4.88. The molecule has 3 nitrogen and oxygen atoms in total. The summed E-state index contributed by atoms with van der Waals surface area (Å²) in [5.74, 6) is 0. The molecule has 2 saturated heterocycles. The Balaban J connectivity index is 1.93. The van der Waals surface area contributed by atoms with E-state index in [0.29, 0.717) is 24.2 Å². The molecule has 2 rings (SSSR count). The number of rotatable bonds is 4. The summed E-state index contributed by atoms with van der Waals surface area (Å²) < 4.78 is 5.70. The zero-order chi connectivity index (χ0) is 11.5. The van der Waals surface area contributed by atoms with Crippen LogP contribution in [0.4, 0.5) is 0 Å². The first-order valence-electron chi connectivity index (χ1n) is 6.79. The van der Waals surface area contributed by atoms with Crippen LogP contribution in [0.5, 0.6) is 0 Å². The minimum Gasteiger partial charge on any atom is -0.377 e. The van der Waals surface area contributed by atoms with Gasteiger partial charge in [0.2, 0.25) is 0 Å². The van der Waals surface area contributed by atoms with Gasteiger partial charge in [-0.2, -0.15) is 0 Å². The Labute approximate surface area is 99.5 Å². The zero-order valence-electron chi connectivity index (χ0n) is 10.9. The maximum absolute atomic E-state index is 5.70. The smallest absolute Gasteiger partial charge is 0.0703 e. The van der Waals surface area contributed by atoms with Crippen molar-refractivity contribution in [1.29, 1.82) is 0 Å². The molecule has 3 atom stereocenters. The summed E-state index contributed by atoms with van der Waals surface area (Å²) in [6.07, 6.45) is 4.29. The van der Waals surface area contributed by atoms with Gasteiger partial charge < -0.3 is 10.1 Å². The van der Waals surface area contributed by atoms with Crippen LogP contribution in [0.15, 0.2) is 0 Å². The van der Waals surface area contributed by atoms with Gasteiger partial charge in [0.05, 0.1) is 6.10 Å².